The van der Waals surface area contributed by atoms with Gasteiger partial charge in [0.1, 0.15) is 5.82 Å². The topological polar surface area (TPSA) is 85.8 Å². The lowest BCUT2D eigenvalue weighted by atomic mass is 10.1. The number of hydrogen-bond donors (Lipinski definition) is 1. The van der Waals surface area contributed by atoms with Crippen molar-refractivity contribution in [1.82, 2.24) is 19.9 Å². The highest BCUT2D eigenvalue weighted by Gasteiger charge is 2.13. The number of aryl methyl sites for hydroxylation is 2. The van der Waals surface area contributed by atoms with Crippen molar-refractivity contribution in [2.75, 3.05) is 5.32 Å². The summed E-state index contributed by atoms with van der Waals surface area (Å²) in [5.41, 5.74) is 2.84. The lowest BCUT2D eigenvalue weighted by molar-refractivity contribution is 0.102. The third-order valence-electron chi connectivity index (χ3n) is 4.07. The molecule has 7 nitrogen and oxygen atoms in total. The van der Waals surface area contributed by atoms with Gasteiger partial charge >= 0.3 is 0 Å². The Bertz CT molecular complexity index is 1130. The van der Waals surface area contributed by atoms with Crippen LogP contribution in [0.15, 0.2) is 59.1 Å². The molecule has 0 aliphatic carbocycles. The highest BCUT2D eigenvalue weighted by atomic mass is 35.5. The van der Waals surface area contributed by atoms with E-state index in [4.69, 9.17) is 16.1 Å². The maximum absolute atomic E-state index is 12.7. The van der Waals surface area contributed by atoms with Crippen LogP contribution in [0.5, 0.6) is 0 Å². The van der Waals surface area contributed by atoms with Gasteiger partial charge in [-0.25, -0.2) is 4.68 Å². The average molecular weight is 394 g/mol. The van der Waals surface area contributed by atoms with E-state index in [0.717, 1.165) is 16.9 Å². The molecule has 0 atom stereocenters. The van der Waals surface area contributed by atoms with Gasteiger partial charge in [-0.2, -0.15) is 10.1 Å². The second-order valence-electron chi connectivity index (χ2n) is 6.24. The summed E-state index contributed by atoms with van der Waals surface area (Å²) in [7, 11) is 0. The first-order valence-corrected chi connectivity index (χ1v) is 8.92. The SMILES string of the molecule is Cc1cc(NC(=O)c2ccc(-c3nc(C)no3)cc2)n(-c2ccc(Cl)cc2)n1. The molecular formula is C20H16ClN5O2. The Morgan fingerprint density at radius 2 is 1.79 bits per heavy atom. The number of halogens is 1. The summed E-state index contributed by atoms with van der Waals surface area (Å²) in [5.74, 6) is 1.30. The lowest BCUT2D eigenvalue weighted by Crippen LogP contribution is -2.15. The van der Waals surface area contributed by atoms with Crippen molar-refractivity contribution < 1.29 is 9.32 Å². The maximum atomic E-state index is 12.7. The molecule has 0 bridgehead atoms. The summed E-state index contributed by atoms with van der Waals surface area (Å²) in [5, 5.41) is 11.7. The van der Waals surface area contributed by atoms with Crippen LogP contribution < -0.4 is 5.32 Å². The number of rotatable bonds is 4. The molecule has 2 aromatic heterocycles. The molecule has 2 aromatic carbocycles. The van der Waals surface area contributed by atoms with Gasteiger partial charge in [-0.1, -0.05) is 16.8 Å². The Balaban J connectivity index is 1.56. The fraction of sp³-hybridized carbons (Fsp3) is 0.100. The van der Waals surface area contributed by atoms with E-state index in [1.165, 1.54) is 0 Å². The molecule has 1 N–H and O–H groups in total. The molecule has 0 spiro atoms. The number of anilines is 1. The van der Waals surface area contributed by atoms with Crippen LogP contribution in [0.1, 0.15) is 21.9 Å². The number of nitrogens with one attached hydrogen (secondary N) is 1. The molecule has 4 aromatic rings. The summed E-state index contributed by atoms with van der Waals surface area (Å²) in [6.07, 6.45) is 0. The van der Waals surface area contributed by atoms with Gasteiger partial charge in [0.2, 0.25) is 0 Å². The molecule has 0 fully saturated rings. The first kappa shape index (κ1) is 17.9. The second-order valence-corrected chi connectivity index (χ2v) is 6.67. The zero-order valence-electron chi connectivity index (χ0n) is 15.2. The van der Waals surface area contributed by atoms with E-state index in [-0.39, 0.29) is 5.91 Å². The van der Waals surface area contributed by atoms with Gasteiger partial charge < -0.3 is 9.84 Å². The molecule has 1 amide bonds. The van der Waals surface area contributed by atoms with Crippen molar-refractivity contribution in [2.24, 2.45) is 0 Å². The van der Waals surface area contributed by atoms with Crippen molar-refractivity contribution in [2.45, 2.75) is 13.8 Å². The first-order valence-electron chi connectivity index (χ1n) is 8.54. The quantitative estimate of drug-likeness (QED) is 0.553. The normalized spacial score (nSPS) is 10.8. The van der Waals surface area contributed by atoms with Crippen LogP contribution in [0.3, 0.4) is 0 Å². The Labute approximate surface area is 166 Å². The number of amides is 1. The molecule has 8 heteroatoms. The van der Waals surface area contributed by atoms with Crippen LogP contribution in [0.4, 0.5) is 5.82 Å². The highest BCUT2D eigenvalue weighted by Crippen LogP contribution is 2.21. The molecular weight excluding hydrogens is 378 g/mol. The van der Waals surface area contributed by atoms with Crippen molar-refractivity contribution >= 4 is 23.3 Å². The summed E-state index contributed by atoms with van der Waals surface area (Å²) in [6.45, 7) is 3.61. The third kappa shape index (κ3) is 3.65. The smallest absolute Gasteiger partial charge is 0.257 e. The predicted octanol–water partition coefficient (Wildman–Crippen LogP) is 4.44. The Hall–Kier alpha value is -3.45. The molecule has 0 aliphatic rings. The number of carbonyl (C=O) groups is 1. The molecule has 2 heterocycles. The average Bonchev–Trinajstić information content (AvgIpc) is 3.28. The number of hydrogen-bond acceptors (Lipinski definition) is 5. The largest absolute Gasteiger partial charge is 0.334 e. The molecule has 28 heavy (non-hydrogen) atoms. The molecule has 0 saturated heterocycles. The number of nitrogens with zero attached hydrogens (tertiary/aromatic N) is 4. The third-order valence-corrected chi connectivity index (χ3v) is 4.32. The van der Waals surface area contributed by atoms with Crippen LogP contribution in [-0.4, -0.2) is 25.8 Å². The highest BCUT2D eigenvalue weighted by molar-refractivity contribution is 6.30. The van der Waals surface area contributed by atoms with Crippen LogP contribution in [0, 0.1) is 13.8 Å². The van der Waals surface area contributed by atoms with Crippen LogP contribution in [0.2, 0.25) is 5.02 Å². The lowest BCUT2D eigenvalue weighted by Gasteiger charge is -2.09. The minimum Gasteiger partial charge on any atom is -0.334 e. The van der Waals surface area contributed by atoms with Gasteiger partial charge in [-0.05, 0) is 62.4 Å². The predicted molar refractivity (Wildman–Crippen MR) is 106 cm³/mol. The summed E-state index contributed by atoms with van der Waals surface area (Å²) in [6, 6.07) is 16.0. The molecule has 0 radical (unpaired) electrons. The maximum Gasteiger partial charge on any atom is 0.257 e. The van der Waals surface area contributed by atoms with Crippen molar-refractivity contribution in [3.8, 4) is 17.1 Å². The zero-order chi connectivity index (χ0) is 19.7. The van der Waals surface area contributed by atoms with E-state index in [2.05, 4.69) is 20.6 Å². The zero-order valence-corrected chi connectivity index (χ0v) is 15.9. The van der Waals surface area contributed by atoms with E-state index in [1.54, 1.807) is 48.0 Å². The van der Waals surface area contributed by atoms with E-state index in [1.807, 2.05) is 25.1 Å². The van der Waals surface area contributed by atoms with Crippen molar-refractivity contribution in [1.29, 1.82) is 0 Å². The van der Waals surface area contributed by atoms with Crippen LogP contribution in [0.25, 0.3) is 17.1 Å². The molecule has 140 valence electrons. The fourth-order valence-electron chi connectivity index (χ4n) is 2.73. The molecule has 0 aliphatic heterocycles. The second kappa shape index (κ2) is 7.28. The van der Waals surface area contributed by atoms with Crippen LogP contribution in [-0.2, 0) is 0 Å². The molecule has 0 saturated carbocycles. The monoisotopic (exact) mass is 393 g/mol. The molecule has 0 unspecified atom stereocenters. The summed E-state index contributed by atoms with van der Waals surface area (Å²) >= 11 is 5.95. The fourth-order valence-corrected chi connectivity index (χ4v) is 2.86. The van der Waals surface area contributed by atoms with Crippen LogP contribution >= 0.6 is 11.6 Å². The minimum atomic E-state index is -0.247. The Morgan fingerprint density at radius 1 is 1.07 bits per heavy atom. The molecule has 4 rings (SSSR count). The van der Waals surface area contributed by atoms with E-state index >= 15 is 0 Å². The van der Waals surface area contributed by atoms with Gasteiger partial charge in [0.25, 0.3) is 11.8 Å². The Kier molecular flexibility index (Phi) is 4.67. The van der Waals surface area contributed by atoms with Gasteiger partial charge in [-0.3, -0.25) is 4.79 Å². The standard InChI is InChI=1S/C20H16ClN5O2/c1-12-11-18(26(24-12)17-9-7-16(21)8-10-17)23-19(27)14-3-5-15(6-4-14)20-22-13(2)25-28-20/h3-11H,1-2H3,(H,23,27). The van der Waals surface area contributed by atoms with Crippen molar-refractivity contribution in [3.05, 3.63) is 76.7 Å². The number of aromatic nitrogens is 4. The number of carbonyl (C=O) groups excluding carboxylic acids is 1. The van der Waals surface area contributed by atoms with Gasteiger partial charge in [-0.15, -0.1) is 0 Å². The van der Waals surface area contributed by atoms with E-state index in [0.29, 0.717) is 28.1 Å². The van der Waals surface area contributed by atoms with Gasteiger partial charge in [0.05, 0.1) is 11.4 Å². The number of benzene rings is 2. The summed E-state index contributed by atoms with van der Waals surface area (Å²) < 4.78 is 6.81. The van der Waals surface area contributed by atoms with E-state index < -0.39 is 0 Å². The van der Waals surface area contributed by atoms with Crippen molar-refractivity contribution in [3.63, 3.8) is 0 Å². The summed E-state index contributed by atoms with van der Waals surface area (Å²) in [4.78, 5) is 16.9. The van der Waals surface area contributed by atoms with Gasteiger partial charge in [0.15, 0.2) is 5.82 Å². The first-order chi connectivity index (χ1) is 13.5. The Morgan fingerprint density at radius 3 is 2.43 bits per heavy atom. The van der Waals surface area contributed by atoms with E-state index in [9.17, 15) is 4.79 Å². The minimum absolute atomic E-state index is 0.247. The van der Waals surface area contributed by atoms with Gasteiger partial charge in [0, 0.05) is 22.2 Å².